The van der Waals surface area contributed by atoms with E-state index in [1.54, 1.807) is 21.3 Å². The van der Waals surface area contributed by atoms with Crippen LogP contribution in [-0.2, 0) is 34.0 Å². The number of hydrogen-bond donors (Lipinski definition) is 0. The predicted molar refractivity (Wildman–Crippen MR) is 125 cm³/mol. The molecule has 0 N–H and O–H groups in total. The van der Waals surface area contributed by atoms with E-state index < -0.39 is 11.4 Å². The second-order valence-corrected chi connectivity index (χ2v) is 19.3. The monoisotopic (exact) mass is 516 g/mol. The molecule has 0 bridgehead atoms. The summed E-state index contributed by atoms with van der Waals surface area (Å²) in [5.74, 6) is 0. The Balaban J connectivity index is 2.35. The first-order valence-electron chi connectivity index (χ1n) is 9.57. The SMILES string of the molecule is COCc1cccc[c]1[Ge]([Br])([c]1ccccc1COC)[c]1ccccc1COC. The zero-order chi connectivity index (χ0) is 20.7. The van der Waals surface area contributed by atoms with Crippen LogP contribution in [0.3, 0.4) is 0 Å². The van der Waals surface area contributed by atoms with E-state index in [4.69, 9.17) is 14.2 Å². The number of ether oxygens (including phenoxy) is 3. The van der Waals surface area contributed by atoms with Crippen molar-refractivity contribution in [3.63, 3.8) is 0 Å². The van der Waals surface area contributed by atoms with Crippen molar-refractivity contribution >= 4 is 38.6 Å². The molecular weight excluding hydrogens is 489 g/mol. The van der Waals surface area contributed by atoms with Crippen LogP contribution in [0.1, 0.15) is 16.7 Å². The Hall–Kier alpha value is -1.44. The molecule has 3 rings (SSSR count). The quantitative estimate of drug-likeness (QED) is 0.408. The van der Waals surface area contributed by atoms with Crippen molar-refractivity contribution in [1.82, 2.24) is 0 Å². The van der Waals surface area contributed by atoms with Gasteiger partial charge >= 0.3 is 183 Å². The van der Waals surface area contributed by atoms with Gasteiger partial charge in [0.1, 0.15) is 0 Å². The standard InChI is InChI=1S/C24H27BrGeO3/c1-27-16-19-10-4-7-13-22(19)26(25,23-14-8-5-11-20(23)17-28-2)24-15-9-6-12-21(24)18-29-3/h4-15H,16-18H2,1-3H3. The van der Waals surface area contributed by atoms with Crippen LogP contribution in [-0.4, -0.2) is 32.8 Å². The zero-order valence-corrected chi connectivity index (χ0v) is 20.8. The zero-order valence-electron chi connectivity index (χ0n) is 17.2. The van der Waals surface area contributed by atoms with E-state index in [0.717, 1.165) is 0 Å². The summed E-state index contributed by atoms with van der Waals surface area (Å²) in [4.78, 5) is 0. The molecule has 0 aliphatic heterocycles. The van der Waals surface area contributed by atoms with E-state index in [2.05, 4.69) is 86.8 Å². The van der Waals surface area contributed by atoms with Crippen molar-refractivity contribution in [3.8, 4) is 0 Å². The van der Waals surface area contributed by atoms with Crippen LogP contribution in [0.4, 0.5) is 0 Å². The van der Waals surface area contributed by atoms with Gasteiger partial charge in [-0.25, -0.2) is 0 Å². The van der Waals surface area contributed by atoms with Crippen molar-refractivity contribution in [3.05, 3.63) is 89.5 Å². The van der Waals surface area contributed by atoms with Crippen molar-refractivity contribution in [2.75, 3.05) is 21.3 Å². The van der Waals surface area contributed by atoms with Crippen LogP contribution in [0.2, 0.25) is 0 Å². The van der Waals surface area contributed by atoms with Gasteiger partial charge in [0.2, 0.25) is 0 Å². The van der Waals surface area contributed by atoms with Crippen LogP contribution in [0.15, 0.2) is 72.8 Å². The molecule has 0 amide bonds. The molecule has 0 aromatic heterocycles. The van der Waals surface area contributed by atoms with E-state index in [1.807, 2.05) is 0 Å². The minimum absolute atomic E-state index is 0.577. The molecule has 0 aliphatic carbocycles. The Morgan fingerprint density at radius 2 is 0.828 bits per heavy atom. The second-order valence-electron chi connectivity index (χ2n) is 6.93. The summed E-state index contributed by atoms with van der Waals surface area (Å²) in [5, 5.41) is 0. The van der Waals surface area contributed by atoms with Gasteiger partial charge in [0.15, 0.2) is 0 Å². The average Bonchev–Trinajstić information content (AvgIpc) is 2.75. The van der Waals surface area contributed by atoms with Gasteiger partial charge in [-0.2, -0.15) is 0 Å². The molecule has 0 heterocycles. The van der Waals surface area contributed by atoms with Gasteiger partial charge in [0.25, 0.3) is 0 Å². The van der Waals surface area contributed by atoms with E-state index in [-0.39, 0.29) is 0 Å². The summed E-state index contributed by atoms with van der Waals surface area (Å²) >= 11 is 1.15. The third-order valence-corrected chi connectivity index (χ3v) is 19.5. The van der Waals surface area contributed by atoms with Gasteiger partial charge in [0, 0.05) is 0 Å². The number of benzene rings is 3. The molecule has 3 aromatic rings. The second kappa shape index (κ2) is 10.5. The molecule has 0 radical (unpaired) electrons. The molecule has 0 saturated carbocycles. The van der Waals surface area contributed by atoms with E-state index in [1.165, 1.54) is 29.9 Å². The molecule has 0 fully saturated rings. The van der Waals surface area contributed by atoms with Crippen molar-refractivity contribution < 1.29 is 14.2 Å². The number of methoxy groups -OCH3 is 3. The summed E-state index contributed by atoms with van der Waals surface area (Å²) < 4.78 is 20.7. The van der Waals surface area contributed by atoms with E-state index in [9.17, 15) is 0 Å². The third-order valence-electron chi connectivity index (χ3n) is 5.07. The van der Waals surface area contributed by atoms with Crippen LogP contribution >= 0.6 is 14.0 Å². The molecule has 0 aliphatic rings. The van der Waals surface area contributed by atoms with Crippen LogP contribution in [0.25, 0.3) is 0 Å². The molecule has 0 saturated heterocycles. The Bertz CT molecular complexity index is 824. The molecule has 0 spiro atoms. The van der Waals surface area contributed by atoms with Gasteiger partial charge < -0.3 is 0 Å². The molecule has 0 unspecified atom stereocenters. The van der Waals surface area contributed by atoms with Crippen molar-refractivity contribution in [1.29, 1.82) is 0 Å². The molecule has 3 aromatic carbocycles. The van der Waals surface area contributed by atoms with E-state index >= 15 is 0 Å². The first-order chi connectivity index (χ1) is 14.2. The molecule has 5 heteroatoms. The maximum atomic E-state index is 5.55. The summed E-state index contributed by atoms with van der Waals surface area (Å²) in [5.41, 5.74) is 3.64. The van der Waals surface area contributed by atoms with Gasteiger partial charge in [-0.15, -0.1) is 0 Å². The number of rotatable bonds is 9. The van der Waals surface area contributed by atoms with Gasteiger partial charge in [-0.05, 0) is 0 Å². The molecular formula is C24H27BrGeO3. The Morgan fingerprint density at radius 3 is 1.10 bits per heavy atom. The fourth-order valence-electron chi connectivity index (χ4n) is 3.85. The Kier molecular flexibility index (Phi) is 8.10. The average molecular weight is 516 g/mol. The minimum atomic E-state index is -3.24. The van der Waals surface area contributed by atoms with Gasteiger partial charge in [-0.1, -0.05) is 0 Å². The van der Waals surface area contributed by atoms with Crippen molar-refractivity contribution in [2.24, 2.45) is 0 Å². The van der Waals surface area contributed by atoms with Crippen LogP contribution in [0, 0.1) is 0 Å². The Labute approximate surface area is 183 Å². The number of halogens is 1. The summed E-state index contributed by atoms with van der Waals surface area (Å²) in [6, 6.07) is 25.8. The normalized spacial score (nSPS) is 11.6. The summed E-state index contributed by atoms with van der Waals surface area (Å²) in [7, 11) is 5.24. The molecule has 29 heavy (non-hydrogen) atoms. The van der Waals surface area contributed by atoms with Gasteiger partial charge in [0.05, 0.1) is 0 Å². The molecule has 0 atom stereocenters. The van der Waals surface area contributed by atoms with E-state index in [0.29, 0.717) is 19.8 Å². The number of hydrogen-bond acceptors (Lipinski definition) is 3. The summed E-state index contributed by atoms with van der Waals surface area (Å²) in [6.07, 6.45) is 0. The third kappa shape index (κ3) is 4.67. The topological polar surface area (TPSA) is 27.7 Å². The van der Waals surface area contributed by atoms with Crippen LogP contribution < -0.4 is 13.2 Å². The van der Waals surface area contributed by atoms with Gasteiger partial charge in [-0.3, -0.25) is 0 Å². The fourth-order valence-corrected chi connectivity index (χ4v) is 17.5. The molecule has 152 valence electrons. The first-order valence-corrected chi connectivity index (χ1v) is 17.6. The van der Waals surface area contributed by atoms with Crippen LogP contribution in [0.5, 0.6) is 0 Å². The fraction of sp³-hybridized carbons (Fsp3) is 0.250. The predicted octanol–water partition coefficient (Wildman–Crippen LogP) is 3.49. The first kappa shape index (κ1) is 22.3. The summed E-state index contributed by atoms with van der Waals surface area (Å²) in [6.45, 7) is 1.73. The van der Waals surface area contributed by atoms with Crippen molar-refractivity contribution in [2.45, 2.75) is 19.8 Å². The maximum absolute atomic E-state index is 5.55. The molecule has 3 nitrogen and oxygen atoms in total. The Morgan fingerprint density at radius 1 is 0.552 bits per heavy atom.